The summed E-state index contributed by atoms with van der Waals surface area (Å²) in [6.07, 6.45) is 0.665. The molecule has 0 spiro atoms. The van der Waals surface area contributed by atoms with Crippen LogP contribution in [0.2, 0.25) is 5.02 Å². The van der Waals surface area contributed by atoms with E-state index in [1.807, 2.05) is 55.5 Å². The monoisotopic (exact) mass is 431 g/mol. The third-order valence-corrected chi connectivity index (χ3v) is 6.03. The lowest BCUT2D eigenvalue weighted by Crippen LogP contribution is -2.45. The van der Waals surface area contributed by atoms with Gasteiger partial charge in [0.1, 0.15) is 5.75 Å². The molecular weight excluding hydrogens is 398 g/mol. The number of morpholine rings is 1. The van der Waals surface area contributed by atoms with Crippen LogP contribution >= 0.6 is 11.6 Å². The van der Waals surface area contributed by atoms with E-state index in [-0.39, 0.29) is 5.92 Å². The molecule has 2 aromatic carbocycles. The van der Waals surface area contributed by atoms with Crippen molar-refractivity contribution in [1.82, 2.24) is 4.90 Å². The summed E-state index contributed by atoms with van der Waals surface area (Å²) >= 11 is 6.17. The Balaban J connectivity index is 2.01. The van der Waals surface area contributed by atoms with Crippen molar-refractivity contribution in [2.24, 2.45) is 5.92 Å². The second kappa shape index (κ2) is 10.6. The molecule has 164 valence electrons. The molecule has 0 bridgehead atoms. The fourth-order valence-electron chi connectivity index (χ4n) is 4.36. The van der Waals surface area contributed by atoms with Crippen molar-refractivity contribution in [3.05, 3.63) is 64.7 Å². The fourth-order valence-corrected chi connectivity index (χ4v) is 4.49. The summed E-state index contributed by atoms with van der Waals surface area (Å²) in [5, 5.41) is 13.0. The molecule has 1 saturated heterocycles. The summed E-state index contributed by atoms with van der Waals surface area (Å²) < 4.78 is 11.2. The number of halogens is 1. The van der Waals surface area contributed by atoms with Gasteiger partial charge in [-0.25, -0.2) is 0 Å². The summed E-state index contributed by atoms with van der Waals surface area (Å²) in [6.45, 7) is 10.9. The zero-order valence-corrected chi connectivity index (χ0v) is 19.1. The Morgan fingerprint density at radius 3 is 2.27 bits per heavy atom. The Labute approximate surface area is 185 Å². The van der Waals surface area contributed by atoms with Gasteiger partial charge in [0, 0.05) is 30.6 Å². The topological polar surface area (TPSA) is 41.9 Å². The fraction of sp³-hybridized carbons (Fsp3) is 0.520. The molecule has 3 rings (SSSR count). The molecule has 30 heavy (non-hydrogen) atoms. The molecule has 0 unspecified atom stereocenters. The van der Waals surface area contributed by atoms with Crippen molar-refractivity contribution < 1.29 is 14.6 Å². The molecular formula is C25H34ClNO3. The molecule has 0 aliphatic carbocycles. The average Bonchev–Trinajstić information content (AvgIpc) is 2.74. The van der Waals surface area contributed by atoms with E-state index in [0.717, 1.165) is 49.7 Å². The van der Waals surface area contributed by atoms with Crippen LogP contribution in [0.15, 0.2) is 48.5 Å². The molecule has 0 saturated carbocycles. The van der Waals surface area contributed by atoms with Crippen LogP contribution in [0.25, 0.3) is 0 Å². The van der Waals surface area contributed by atoms with Gasteiger partial charge < -0.3 is 14.6 Å². The van der Waals surface area contributed by atoms with Crippen LogP contribution in [0.3, 0.4) is 0 Å². The van der Waals surface area contributed by atoms with Gasteiger partial charge in [-0.05, 0) is 54.7 Å². The first kappa shape index (κ1) is 23.1. The molecule has 4 nitrogen and oxygen atoms in total. The number of nitrogens with zero attached hydrogens (tertiary/aromatic N) is 1. The van der Waals surface area contributed by atoms with Gasteiger partial charge >= 0.3 is 0 Å². The van der Waals surface area contributed by atoms with Gasteiger partial charge in [-0.1, -0.05) is 49.7 Å². The van der Waals surface area contributed by atoms with Crippen molar-refractivity contribution in [3.8, 4) is 5.75 Å². The highest BCUT2D eigenvalue weighted by atomic mass is 35.5. The van der Waals surface area contributed by atoms with E-state index >= 15 is 0 Å². The Bertz CT molecular complexity index is 772. The maximum Gasteiger partial charge on any atom is 0.119 e. The van der Waals surface area contributed by atoms with Crippen molar-refractivity contribution in [3.63, 3.8) is 0 Å². The number of aliphatic hydroxyl groups is 1. The molecule has 1 N–H and O–H groups in total. The molecule has 1 heterocycles. The van der Waals surface area contributed by atoms with E-state index in [1.165, 1.54) is 0 Å². The third-order valence-electron chi connectivity index (χ3n) is 5.78. The summed E-state index contributed by atoms with van der Waals surface area (Å²) in [5.41, 5.74) is 1.01. The number of rotatable bonds is 9. The van der Waals surface area contributed by atoms with E-state index in [4.69, 9.17) is 21.1 Å². The van der Waals surface area contributed by atoms with E-state index in [2.05, 4.69) is 18.7 Å². The zero-order valence-electron chi connectivity index (χ0n) is 18.3. The van der Waals surface area contributed by atoms with E-state index in [1.54, 1.807) is 0 Å². The summed E-state index contributed by atoms with van der Waals surface area (Å²) in [6, 6.07) is 15.9. The largest absolute Gasteiger partial charge is 0.494 e. The zero-order chi connectivity index (χ0) is 21.6. The molecule has 1 aliphatic heterocycles. The van der Waals surface area contributed by atoms with Gasteiger partial charge in [0.2, 0.25) is 0 Å². The standard InChI is InChI=1S/C25H34ClNO3/c1-4-30-23-11-7-21(8-12-23)25(28,17-19(2)3)24(18-27-13-15-29-16-14-27)20-5-9-22(26)10-6-20/h5-12,19,24,28H,4,13-18H2,1-3H3/t24-,25-/m1/s1. The average molecular weight is 432 g/mol. The lowest BCUT2D eigenvalue weighted by molar-refractivity contribution is -0.0356. The first-order valence-electron chi connectivity index (χ1n) is 10.9. The minimum Gasteiger partial charge on any atom is -0.494 e. The van der Waals surface area contributed by atoms with Gasteiger partial charge in [0.25, 0.3) is 0 Å². The first-order chi connectivity index (χ1) is 14.4. The second-order valence-electron chi connectivity index (χ2n) is 8.50. The molecule has 1 aliphatic rings. The number of benzene rings is 2. The van der Waals surface area contributed by atoms with Crippen molar-refractivity contribution in [1.29, 1.82) is 0 Å². The molecule has 5 heteroatoms. The molecule has 2 aromatic rings. The third kappa shape index (κ3) is 5.76. The molecule has 0 amide bonds. The summed E-state index contributed by atoms with van der Waals surface area (Å²) in [7, 11) is 0. The predicted molar refractivity (Wildman–Crippen MR) is 122 cm³/mol. The lowest BCUT2D eigenvalue weighted by Gasteiger charge is -2.42. The van der Waals surface area contributed by atoms with E-state index in [9.17, 15) is 5.11 Å². The van der Waals surface area contributed by atoms with Crippen molar-refractivity contribution >= 4 is 11.6 Å². The highest BCUT2D eigenvalue weighted by Crippen LogP contribution is 2.43. The van der Waals surface area contributed by atoms with E-state index < -0.39 is 5.60 Å². The van der Waals surface area contributed by atoms with Crippen LogP contribution in [-0.4, -0.2) is 49.5 Å². The second-order valence-corrected chi connectivity index (χ2v) is 8.93. The molecule has 0 aromatic heterocycles. The highest BCUT2D eigenvalue weighted by molar-refractivity contribution is 6.30. The SMILES string of the molecule is CCOc1ccc([C@](O)(CC(C)C)[C@H](CN2CCOCC2)c2ccc(Cl)cc2)cc1. The highest BCUT2D eigenvalue weighted by Gasteiger charge is 2.41. The quantitative estimate of drug-likeness (QED) is 0.600. The predicted octanol–water partition coefficient (Wildman–Crippen LogP) is 5.09. The summed E-state index contributed by atoms with van der Waals surface area (Å²) in [5.74, 6) is 1.07. The van der Waals surface area contributed by atoms with Gasteiger partial charge in [-0.2, -0.15) is 0 Å². The van der Waals surface area contributed by atoms with Gasteiger partial charge in [-0.3, -0.25) is 4.90 Å². The van der Waals surface area contributed by atoms with Crippen LogP contribution in [-0.2, 0) is 10.3 Å². The number of hydrogen-bond donors (Lipinski definition) is 1. The Morgan fingerprint density at radius 1 is 1.07 bits per heavy atom. The van der Waals surface area contributed by atoms with Crippen molar-refractivity contribution in [2.45, 2.75) is 38.7 Å². The molecule has 0 radical (unpaired) electrons. The van der Waals surface area contributed by atoms with Crippen LogP contribution in [0.4, 0.5) is 0 Å². The van der Waals surface area contributed by atoms with Crippen LogP contribution < -0.4 is 4.74 Å². The van der Waals surface area contributed by atoms with Crippen LogP contribution in [0.1, 0.15) is 44.2 Å². The Morgan fingerprint density at radius 2 is 1.70 bits per heavy atom. The maximum absolute atomic E-state index is 12.3. The molecule has 2 atom stereocenters. The van der Waals surface area contributed by atoms with Crippen molar-refractivity contribution in [2.75, 3.05) is 39.5 Å². The van der Waals surface area contributed by atoms with Gasteiger partial charge in [0.05, 0.1) is 25.4 Å². The van der Waals surface area contributed by atoms with Crippen LogP contribution in [0, 0.1) is 5.92 Å². The van der Waals surface area contributed by atoms with Gasteiger partial charge in [-0.15, -0.1) is 0 Å². The smallest absolute Gasteiger partial charge is 0.119 e. The minimum absolute atomic E-state index is 0.0896. The lowest BCUT2D eigenvalue weighted by atomic mass is 9.72. The van der Waals surface area contributed by atoms with Gasteiger partial charge in [0.15, 0.2) is 0 Å². The minimum atomic E-state index is -1.01. The number of ether oxygens (including phenoxy) is 2. The Kier molecular flexibility index (Phi) is 8.18. The maximum atomic E-state index is 12.3. The molecule has 1 fully saturated rings. The summed E-state index contributed by atoms with van der Waals surface area (Å²) in [4.78, 5) is 2.39. The number of hydrogen-bond acceptors (Lipinski definition) is 4. The normalized spacial score (nSPS) is 18.2. The van der Waals surface area contributed by atoms with E-state index in [0.29, 0.717) is 24.0 Å². The first-order valence-corrected chi connectivity index (χ1v) is 11.3. The Hall–Kier alpha value is -1.59. The van der Waals surface area contributed by atoms with Crippen LogP contribution in [0.5, 0.6) is 5.75 Å².